The third-order valence-corrected chi connectivity index (χ3v) is 5.03. The number of carbonyl (C=O) groups is 3. The van der Waals surface area contributed by atoms with Crippen molar-refractivity contribution in [3.05, 3.63) is 46.0 Å². The molecule has 0 aliphatic carbocycles. The van der Waals surface area contributed by atoms with Crippen molar-refractivity contribution in [1.82, 2.24) is 10.3 Å². The standard InChI is InChI=1S/C16H12FN3O4S2/c1-2-24-16(23)20-12(21)8-7-11(17)26-14(8)19-13(22)15-18-9-5-3-4-6-10(9)25-15/h3-7H,2H2,1H3,(H,19,22)(H,20,21,23). The van der Waals surface area contributed by atoms with Gasteiger partial charge in [0.1, 0.15) is 5.00 Å². The van der Waals surface area contributed by atoms with Gasteiger partial charge in [-0.3, -0.25) is 14.9 Å². The van der Waals surface area contributed by atoms with E-state index in [4.69, 9.17) is 0 Å². The Labute approximate surface area is 154 Å². The summed E-state index contributed by atoms with van der Waals surface area (Å²) >= 11 is 1.75. The van der Waals surface area contributed by atoms with Gasteiger partial charge >= 0.3 is 6.09 Å². The van der Waals surface area contributed by atoms with Crippen LogP contribution < -0.4 is 10.6 Å². The summed E-state index contributed by atoms with van der Waals surface area (Å²) in [6, 6.07) is 8.16. The van der Waals surface area contributed by atoms with E-state index in [0.717, 1.165) is 10.8 Å². The van der Waals surface area contributed by atoms with Gasteiger partial charge in [0.05, 0.1) is 22.4 Å². The normalized spacial score (nSPS) is 10.5. The fourth-order valence-corrected chi connectivity index (χ4v) is 3.71. The highest BCUT2D eigenvalue weighted by atomic mass is 32.1. The molecule has 0 spiro atoms. The van der Waals surface area contributed by atoms with E-state index in [-0.39, 0.29) is 22.2 Å². The maximum Gasteiger partial charge on any atom is 0.414 e. The number of nitrogens with zero attached hydrogens (tertiary/aromatic N) is 1. The molecule has 7 nitrogen and oxygen atoms in total. The molecule has 0 aliphatic rings. The number of hydrogen-bond donors (Lipinski definition) is 2. The van der Waals surface area contributed by atoms with E-state index in [1.54, 1.807) is 19.1 Å². The van der Waals surface area contributed by atoms with Crippen molar-refractivity contribution >= 4 is 55.8 Å². The lowest BCUT2D eigenvalue weighted by atomic mass is 10.3. The molecule has 26 heavy (non-hydrogen) atoms. The summed E-state index contributed by atoms with van der Waals surface area (Å²) in [7, 11) is 0. The smallest absolute Gasteiger partial charge is 0.414 e. The van der Waals surface area contributed by atoms with Crippen LogP contribution in [0.1, 0.15) is 27.1 Å². The Morgan fingerprint density at radius 3 is 2.69 bits per heavy atom. The summed E-state index contributed by atoms with van der Waals surface area (Å²) < 4.78 is 19.0. The number of para-hydroxylation sites is 1. The third kappa shape index (κ3) is 3.86. The van der Waals surface area contributed by atoms with Gasteiger partial charge in [-0.2, -0.15) is 4.39 Å². The van der Waals surface area contributed by atoms with E-state index in [0.29, 0.717) is 16.9 Å². The number of nitrogens with one attached hydrogen (secondary N) is 2. The zero-order chi connectivity index (χ0) is 18.7. The topological polar surface area (TPSA) is 97.4 Å². The maximum atomic E-state index is 13.6. The summed E-state index contributed by atoms with van der Waals surface area (Å²) in [5, 5.41) is 3.91. The molecule has 0 fully saturated rings. The van der Waals surface area contributed by atoms with E-state index >= 15 is 0 Å². The number of imide groups is 1. The zero-order valence-corrected chi connectivity index (χ0v) is 15.0. The van der Waals surface area contributed by atoms with Crippen molar-refractivity contribution in [2.24, 2.45) is 0 Å². The molecule has 0 aliphatic heterocycles. The van der Waals surface area contributed by atoms with Gasteiger partial charge < -0.3 is 10.1 Å². The first-order valence-corrected chi connectivity index (χ1v) is 9.05. The minimum Gasteiger partial charge on any atom is -0.450 e. The maximum absolute atomic E-state index is 13.6. The molecule has 0 radical (unpaired) electrons. The molecule has 0 atom stereocenters. The van der Waals surface area contributed by atoms with Crippen LogP contribution in [0.25, 0.3) is 10.2 Å². The van der Waals surface area contributed by atoms with Crippen molar-refractivity contribution in [2.75, 3.05) is 11.9 Å². The van der Waals surface area contributed by atoms with Crippen LogP contribution >= 0.6 is 22.7 Å². The number of hydrogen-bond acceptors (Lipinski definition) is 7. The SMILES string of the molecule is CCOC(=O)NC(=O)c1cc(F)sc1NC(=O)c1nc2ccccc2s1. The molecular formula is C16H12FN3O4S2. The molecule has 0 saturated carbocycles. The van der Waals surface area contributed by atoms with Gasteiger partial charge in [0, 0.05) is 6.07 Å². The van der Waals surface area contributed by atoms with Crippen molar-refractivity contribution in [3.63, 3.8) is 0 Å². The summed E-state index contributed by atoms with van der Waals surface area (Å²) in [5.41, 5.74) is 0.496. The number of aromatic nitrogens is 1. The van der Waals surface area contributed by atoms with E-state index in [9.17, 15) is 18.8 Å². The molecule has 1 aromatic carbocycles. The fraction of sp³-hybridized carbons (Fsp3) is 0.125. The molecule has 0 unspecified atom stereocenters. The van der Waals surface area contributed by atoms with Gasteiger partial charge in [-0.15, -0.1) is 11.3 Å². The Hall–Kier alpha value is -2.85. The molecule has 2 heterocycles. The average molecular weight is 393 g/mol. The second-order valence-corrected chi connectivity index (χ2v) is 6.94. The third-order valence-electron chi connectivity index (χ3n) is 3.15. The molecule has 3 aromatic rings. The molecule has 3 rings (SSSR count). The highest BCUT2D eigenvalue weighted by Crippen LogP contribution is 2.29. The number of ether oxygens (including phenoxy) is 1. The lowest BCUT2D eigenvalue weighted by molar-refractivity contribution is 0.0926. The van der Waals surface area contributed by atoms with Gasteiger partial charge in [-0.05, 0) is 19.1 Å². The number of amides is 3. The number of carbonyl (C=O) groups excluding carboxylic acids is 3. The molecular weight excluding hydrogens is 381 g/mol. The number of anilines is 1. The van der Waals surface area contributed by atoms with Crippen molar-refractivity contribution in [2.45, 2.75) is 6.92 Å². The van der Waals surface area contributed by atoms with Gasteiger partial charge in [-0.25, -0.2) is 9.78 Å². The molecule has 134 valence electrons. The van der Waals surface area contributed by atoms with Gasteiger partial charge in [0.2, 0.25) is 0 Å². The van der Waals surface area contributed by atoms with Crippen LogP contribution in [0.3, 0.4) is 0 Å². The first kappa shape index (κ1) is 18.0. The second-order valence-electron chi connectivity index (χ2n) is 4.91. The van der Waals surface area contributed by atoms with Crippen LogP contribution in [0.5, 0.6) is 0 Å². The van der Waals surface area contributed by atoms with Gasteiger partial charge in [0.15, 0.2) is 10.1 Å². The average Bonchev–Trinajstić information content (AvgIpc) is 3.18. The predicted molar refractivity (Wildman–Crippen MR) is 96.3 cm³/mol. The van der Waals surface area contributed by atoms with Crippen LogP contribution in [-0.2, 0) is 4.74 Å². The van der Waals surface area contributed by atoms with E-state index in [1.165, 1.54) is 11.3 Å². The quantitative estimate of drug-likeness (QED) is 0.705. The Balaban J connectivity index is 1.80. The molecule has 0 bridgehead atoms. The minimum absolute atomic E-state index is 0.0199. The Morgan fingerprint density at radius 1 is 1.19 bits per heavy atom. The monoisotopic (exact) mass is 393 g/mol. The van der Waals surface area contributed by atoms with E-state index < -0.39 is 23.0 Å². The number of thiazole rings is 1. The van der Waals surface area contributed by atoms with Crippen molar-refractivity contribution in [1.29, 1.82) is 0 Å². The highest BCUT2D eigenvalue weighted by molar-refractivity contribution is 7.20. The number of halogens is 1. The Morgan fingerprint density at radius 2 is 1.96 bits per heavy atom. The fourth-order valence-electron chi connectivity index (χ4n) is 2.08. The summed E-state index contributed by atoms with van der Waals surface area (Å²) in [5.74, 6) is -1.44. The molecule has 3 amide bonds. The van der Waals surface area contributed by atoms with Gasteiger partial charge in [0.25, 0.3) is 11.8 Å². The number of thiophene rings is 1. The lowest BCUT2D eigenvalue weighted by Crippen LogP contribution is -2.31. The first-order chi connectivity index (χ1) is 12.5. The second kappa shape index (κ2) is 7.58. The van der Waals surface area contributed by atoms with Gasteiger partial charge in [-0.1, -0.05) is 23.5 Å². The number of benzene rings is 1. The molecule has 10 heteroatoms. The Kier molecular flexibility index (Phi) is 5.24. The largest absolute Gasteiger partial charge is 0.450 e. The number of rotatable bonds is 4. The summed E-state index contributed by atoms with van der Waals surface area (Å²) in [6.45, 7) is 1.66. The summed E-state index contributed by atoms with van der Waals surface area (Å²) in [4.78, 5) is 40.0. The molecule has 0 saturated heterocycles. The lowest BCUT2D eigenvalue weighted by Gasteiger charge is -2.05. The van der Waals surface area contributed by atoms with Crippen LogP contribution in [0, 0.1) is 5.13 Å². The van der Waals surface area contributed by atoms with Crippen LogP contribution in [0.4, 0.5) is 14.2 Å². The molecule has 2 N–H and O–H groups in total. The molecule has 2 aromatic heterocycles. The van der Waals surface area contributed by atoms with Crippen molar-refractivity contribution < 1.29 is 23.5 Å². The highest BCUT2D eigenvalue weighted by Gasteiger charge is 2.22. The Bertz CT molecular complexity index is 965. The number of fused-ring (bicyclic) bond motifs is 1. The van der Waals surface area contributed by atoms with Crippen LogP contribution in [0.2, 0.25) is 0 Å². The van der Waals surface area contributed by atoms with Crippen molar-refractivity contribution in [3.8, 4) is 0 Å². The van der Waals surface area contributed by atoms with E-state index in [2.05, 4.69) is 15.0 Å². The first-order valence-electron chi connectivity index (χ1n) is 7.42. The minimum atomic E-state index is -0.951. The van der Waals surface area contributed by atoms with Crippen LogP contribution in [-0.4, -0.2) is 29.5 Å². The zero-order valence-electron chi connectivity index (χ0n) is 13.4. The van der Waals surface area contributed by atoms with Crippen LogP contribution in [0.15, 0.2) is 30.3 Å². The predicted octanol–water partition coefficient (Wildman–Crippen LogP) is 3.64. The van der Waals surface area contributed by atoms with E-state index in [1.807, 2.05) is 17.4 Å². The summed E-state index contributed by atoms with van der Waals surface area (Å²) in [6.07, 6.45) is -0.951. The number of alkyl carbamates (subject to hydrolysis) is 1.